The molecule has 2 heterocycles. The van der Waals surface area contributed by atoms with Crippen molar-refractivity contribution in [3.8, 4) is 5.75 Å². The lowest BCUT2D eigenvalue weighted by atomic mass is 10.2. The van der Waals surface area contributed by atoms with Crippen molar-refractivity contribution in [3.63, 3.8) is 0 Å². The number of benzene rings is 2. The largest absolute Gasteiger partial charge is 0.413 e. The number of carbonyl (C=O) groups is 2. The smallest absolute Gasteiger partial charge is 0.410 e. The molecular weight excluding hydrogens is 382 g/mol. The Morgan fingerprint density at radius 1 is 1.17 bits per heavy atom. The van der Waals surface area contributed by atoms with E-state index in [2.05, 4.69) is 10.6 Å². The minimum atomic E-state index is -0.664. The van der Waals surface area contributed by atoms with Gasteiger partial charge in [-0.3, -0.25) is 9.63 Å². The minimum Gasteiger partial charge on any atom is -0.410 e. The van der Waals surface area contributed by atoms with Gasteiger partial charge in [0.1, 0.15) is 11.8 Å². The van der Waals surface area contributed by atoms with Gasteiger partial charge in [0, 0.05) is 22.8 Å². The molecule has 0 bridgehead atoms. The SMILES string of the molecule is O=C(N[C@@H]1CCN(OCCc2ccccc2)C1=O)Oc1cccc2c1=CC=CNC=2. The summed E-state index contributed by atoms with van der Waals surface area (Å²) in [4.78, 5) is 30.5. The summed E-state index contributed by atoms with van der Waals surface area (Å²) in [6.07, 6.45) is 7.82. The minimum absolute atomic E-state index is 0.265. The van der Waals surface area contributed by atoms with Gasteiger partial charge in [0.2, 0.25) is 0 Å². The lowest BCUT2D eigenvalue weighted by molar-refractivity contribution is -0.178. The Bertz CT molecular complexity index is 1070. The van der Waals surface area contributed by atoms with E-state index in [1.165, 1.54) is 5.06 Å². The molecule has 2 aliphatic heterocycles. The molecule has 2 amide bonds. The number of rotatable bonds is 6. The number of ether oxygens (including phenoxy) is 1. The first-order valence-electron chi connectivity index (χ1n) is 9.89. The normalized spacial score (nSPS) is 17.3. The summed E-state index contributed by atoms with van der Waals surface area (Å²) in [5.41, 5.74) is 1.14. The van der Waals surface area contributed by atoms with Crippen LogP contribution in [0.4, 0.5) is 4.79 Å². The van der Waals surface area contributed by atoms with Crippen LogP contribution in [0, 0.1) is 0 Å². The Labute approximate surface area is 174 Å². The van der Waals surface area contributed by atoms with Crippen LogP contribution in [0.25, 0.3) is 12.3 Å². The first-order chi connectivity index (χ1) is 14.7. The fourth-order valence-electron chi connectivity index (χ4n) is 3.40. The predicted octanol–water partition coefficient (Wildman–Crippen LogP) is 1.19. The lowest BCUT2D eigenvalue weighted by Gasteiger charge is -2.16. The fraction of sp³-hybridized carbons (Fsp3) is 0.217. The molecule has 1 atom stereocenters. The van der Waals surface area contributed by atoms with Crippen molar-refractivity contribution in [2.75, 3.05) is 13.2 Å². The van der Waals surface area contributed by atoms with Gasteiger partial charge < -0.3 is 15.4 Å². The number of carbonyl (C=O) groups excluding carboxylic acids is 2. The van der Waals surface area contributed by atoms with E-state index in [9.17, 15) is 9.59 Å². The van der Waals surface area contributed by atoms with Gasteiger partial charge in [-0.1, -0.05) is 42.5 Å². The molecule has 2 aliphatic rings. The second kappa shape index (κ2) is 9.28. The van der Waals surface area contributed by atoms with Crippen LogP contribution in [0.2, 0.25) is 0 Å². The number of fused-ring (bicyclic) bond motifs is 1. The Morgan fingerprint density at radius 2 is 2.03 bits per heavy atom. The third-order valence-corrected chi connectivity index (χ3v) is 4.93. The van der Waals surface area contributed by atoms with E-state index < -0.39 is 12.1 Å². The zero-order chi connectivity index (χ0) is 20.8. The summed E-state index contributed by atoms with van der Waals surface area (Å²) in [5, 5.41) is 8.68. The van der Waals surface area contributed by atoms with Crippen molar-refractivity contribution in [2.45, 2.75) is 18.9 Å². The molecule has 0 aromatic heterocycles. The van der Waals surface area contributed by atoms with Gasteiger partial charge in [0.25, 0.3) is 5.91 Å². The van der Waals surface area contributed by atoms with Crippen LogP contribution in [0.3, 0.4) is 0 Å². The van der Waals surface area contributed by atoms with Crippen LogP contribution in [-0.4, -0.2) is 36.3 Å². The number of amides is 2. The predicted molar refractivity (Wildman–Crippen MR) is 112 cm³/mol. The highest BCUT2D eigenvalue weighted by atomic mass is 16.7. The summed E-state index contributed by atoms with van der Waals surface area (Å²) < 4.78 is 5.48. The van der Waals surface area contributed by atoms with E-state index in [1.54, 1.807) is 12.3 Å². The molecule has 30 heavy (non-hydrogen) atoms. The van der Waals surface area contributed by atoms with Crippen molar-refractivity contribution < 1.29 is 19.2 Å². The molecule has 1 fully saturated rings. The van der Waals surface area contributed by atoms with E-state index in [0.29, 0.717) is 31.7 Å². The van der Waals surface area contributed by atoms with Crippen molar-refractivity contribution in [3.05, 3.63) is 76.8 Å². The lowest BCUT2D eigenvalue weighted by Crippen LogP contribution is -2.43. The first kappa shape index (κ1) is 19.7. The molecule has 0 spiro atoms. The van der Waals surface area contributed by atoms with Crippen LogP contribution >= 0.6 is 0 Å². The standard InChI is InChI=1S/C23H23N3O4/c27-22-20(11-14-26(22)29-15-12-17-6-2-1-3-7-17)25-23(28)30-21-10-4-8-18-16-24-13-5-9-19(18)21/h1-10,13,16,20,24H,11-12,14-15H2,(H,25,28)/t20-/m1/s1. The van der Waals surface area contributed by atoms with Crippen LogP contribution < -0.4 is 25.8 Å². The Hall–Kier alpha value is -3.58. The topological polar surface area (TPSA) is 79.9 Å². The number of hydrogen-bond acceptors (Lipinski definition) is 5. The third kappa shape index (κ3) is 4.69. The molecule has 154 valence electrons. The first-order valence-corrected chi connectivity index (χ1v) is 9.89. The molecule has 7 heteroatoms. The maximum absolute atomic E-state index is 12.5. The van der Waals surface area contributed by atoms with Crippen molar-refractivity contribution in [1.29, 1.82) is 0 Å². The molecular formula is C23H23N3O4. The van der Waals surface area contributed by atoms with Gasteiger partial charge in [-0.05, 0) is 36.6 Å². The monoisotopic (exact) mass is 405 g/mol. The molecule has 4 rings (SSSR count). The molecule has 0 unspecified atom stereocenters. The summed E-state index contributed by atoms with van der Waals surface area (Å²) in [5.74, 6) is 0.162. The second-order valence-corrected chi connectivity index (χ2v) is 6.98. The van der Waals surface area contributed by atoms with Crippen LogP contribution in [0.5, 0.6) is 5.75 Å². The quantitative estimate of drug-likeness (QED) is 0.755. The maximum atomic E-state index is 12.5. The van der Waals surface area contributed by atoms with Crippen LogP contribution in [-0.2, 0) is 16.1 Å². The van der Waals surface area contributed by atoms with Crippen molar-refractivity contribution >= 4 is 24.3 Å². The molecule has 1 saturated heterocycles. The van der Waals surface area contributed by atoms with Gasteiger partial charge in [0.15, 0.2) is 0 Å². The molecule has 2 aromatic carbocycles. The summed E-state index contributed by atoms with van der Waals surface area (Å²) in [6, 6.07) is 14.7. The summed E-state index contributed by atoms with van der Waals surface area (Å²) in [7, 11) is 0. The average Bonchev–Trinajstić information content (AvgIpc) is 2.95. The fourth-order valence-corrected chi connectivity index (χ4v) is 3.40. The summed E-state index contributed by atoms with van der Waals surface area (Å²) in [6.45, 7) is 0.829. The molecule has 0 aliphatic carbocycles. The Morgan fingerprint density at radius 3 is 2.90 bits per heavy atom. The molecule has 0 radical (unpaired) electrons. The second-order valence-electron chi connectivity index (χ2n) is 6.98. The van der Waals surface area contributed by atoms with E-state index in [4.69, 9.17) is 9.57 Å². The molecule has 2 N–H and O–H groups in total. The number of nitrogens with one attached hydrogen (secondary N) is 2. The highest BCUT2D eigenvalue weighted by Gasteiger charge is 2.34. The maximum Gasteiger partial charge on any atom is 0.413 e. The van der Waals surface area contributed by atoms with Crippen LogP contribution in [0.1, 0.15) is 12.0 Å². The van der Waals surface area contributed by atoms with Crippen molar-refractivity contribution in [1.82, 2.24) is 15.7 Å². The zero-order valence-corrected chi connectivity index (χ0v) is 16.4. The van der Waals surface area contributed by atoms with E-state index in [1.807, 2.05) is 60.8 Å². The highest BCUT2D eigenvalue weighted by Crippen LogP contribution is 2.13. The van der Waals surface area contributed by atoms with E-state index >= 15 is 0 Å². The zero-order valence-electron chi connectivity index (χ0n) is 16.4. The van der Waals surface area contributed by atoms with E-state index in [0.717, 1.165) is 16.0 Å². The highest BCUT2D eigenvalue weighted by molar-refractivity contribution is 5.87. The van der Waals surface area contributed by atoms with E-state index in [-0.39, 0.29) is 5.91 Å². The van der Waals surface area contributed by atoms with Gasteiger partial charge in [-0.2, -0.15) is 0 Å². The average molecular weight is 405 g/mol. The summed E-state index contributed by atoms with van der Waals surface area (Å²) >= 11 is 0. The van der Waals surface area contributed by atoms with Gasteiger partial charge >= 0.3 is 6.09 Å². The molecule has 0 saturated carbocycles. The van der Waals surface area contributed by atoms with Gasteiger partial charge in [-0.15, -0.1) is 0 Å². The number of nitrogens with zero attached hydrogens (tertiary/aromatic N) is 1. The third-order valence-electron chi connectivity index (χ3n) is 4.93. The Balaban J connectivity index is 1.31. The van der Waals surface area contributed by atoms with Crippen LogP contribution in [0.15, 0.2) is 60.8 Å². The number of allylic oxidation sites excluding steroid dienone is 1. The Kier molecular flexibility index (Phi) is 6.10. The molecule has 2 aromatic rings. The number of hydrogen-bond donors (Lipinski definition) is 2. The number of hydroxylamine groups is 2. The van der Waals surface area contributed by atoms with Gasteiger partial charge in [0.05, 0.1) is 13.2 Å². The van der Waals surface area contributed by atoms with Crippen molar-refractivity contribution in [2.24, 2.45) is 0 Å². The molecule has 7 nitrogen and oxygen atoms in total. The van der Waals surface area contributed by atoms with Gasteiger partial charge in [-0.25, -0.2) is 9.86 Å².